The maximum atomic E-state index is 12.1. The van der Waals surface area contributed by atoms with Gasteiger partial charge in [-0.25, -0.2) is 8.42 Å². The van der Waals surface area contributed by atoms with Crippen LogP contribution in [0.15, 0.2) is 33.6 Å². The van der Waals surface area contributed by atoms with E-state index >= 15 is 0 Å². The second kappa shape index (κ2) is 4.44. The number of benzene rings is 1. The molecule has 1 saturated heterocycles. The molecule has 2 rings (SSSR count). The predicted molar refractivity (Wildman–Crippen MR) is 63.5 cm³/mol. The number of hydrogen-bond donors (Lipinski definition) is 1. The lowest BCUT2D eigenvalue weighted by Gasteiger charge is -2.37. The van der Waals surface area contributed by atoms with E-state index in [1.54, 1.807) is 24.3 Å². The summed E-state index contributed by atoms with van der Waals surface area (Å²) >= 11 is 3.23. The van der Waals surface area contributed by atoms with E-state index in [1.165, 1.54) is 4.31 Å². The van der Waals surface area contributed by atoms with Crippen molar-refractivity contribution in [3.8, 4) is 0 Å². The minimum absolute atomic E-state index is 0.0436. The van der Waals surface area contributed by atoms with E-state index in [1.807, 2.05) is 0 Å². The Hall–Kier alpha value is -0.430. The van der Waals surface area contributed by atoms with Gasteiger partial charge in [-0.2, -0.15) is 4.31 Å². The van der Waals surface area contributed by atoms with E-state index in [0.29, 0.717) is 17.6 Å². The maximum absolute atomic E-state index is 12.1. The van der Waals surface area contributed by atoms with Crippen LogP contribution in [0.4, 0.5) is 0 Å². The molecule has 16 heavy (non-hydrogen) atoms. The van der Waals surface area contributed by atoms with Gasteiger partial charge >= 0.3 is 0 Å². The third-order valence-electron chi connectivity index (χ3n) is 2.64. The molecule has 0 saturated carbocycles. The van der Waals surface area contributed by atoms with Gasteiger partial charge in [-0.15, -0.1) is 0 Å². The summed E-state index contributed by atoms with van der Waals surface area (Å²) in [5.41, 5.74) is 0. The third-order valence-corrected chi connectivity index (χ3v) is 5.48. The third kappa shape index (κ3) is 2.02. The summed E-state index contributed by atoms with van der Waals surface area (Å²) in [5.74, 6) is 0.0808. The molecule has 1 heterocycles. The van der Waals surface area contributed by atoms with Gasteiger partial charge in [-0.1, -0.05) is 12.1 Å². The molecule has 1 aliphatic rings. The Morgan fingerprint density at radius 1 is 1.38 bits per heavy atom. The zero-order chi connectivity index (χ0) is 11.8. The van der Waals surface area contributed by atoms with Crippen molar-refractivity contribution in [1.29, 1.82) is 0 Å². The molecule has 88 valence electrons. The number of halogens is 1. The van der Waals surface area contributed by atoms with Gasteiger partial charge in [-0.3, -0.25) is 0 Å². The van der Waals surface area contributed by atoms with Crippen LogP contribution in [-0.4, -0.2) is 37.5 Å². The number of aliphatic hydroxyl groups excluding tert-OH is 1. The summed E-state index contributed by atoms with van der Waals surface area (Å²) < 4.78 is 26.2. The number of aliphatic hydroxyl groups is 1. The number of nitrogens with zero attached hydrogens (tertiary/aromatic N) is 1. The van der Waals surface area contributed by atoms with Gasteiger partial charge in [0.05, 0.1) is 4.90 Å². The first-order chi connectivity index (χ1) is 7.55. The highest BCUT2D eigenvalue weighted by atomic mass is 79.9. The fourth-order valence-corrected chi connectivity index (χ4v) is 4.18. The number of sulfonamides is 1. The van der Waals surface area contributed by atoms with E-state index < -0.39 is 10.0 Å². The Balaban J connectivity index is 2.24. The Morgan fingerprint density at radius 2 is 2.00 bits per heavy atom. The van der Waals surface area contributed by atoms with E-state index in [-0.39, 0.29) is 17.4 Å². The van der Waals surface area contributed by atoms with Crippen molar-refractivity contribution in [3.63, 3.8) is 0 Å². The van der Waals surface area contributed by atoms with Gasteiger partial charge in [0.2, 0.25) is 10.0 Å². The molecule has 1 aromatic carbocycles. The van der Waals surface area contributed by atoms with Crippen LogP contribution in [-0.2, 0) is 10.0 Å². The SMILES string of the molecule is O=S(=O)(c1ccccc1Br)N1CC(CO)C1. The highest BCUT2D eigenvalue weighted by molar-refractivity contribution is 9.10. The lowest BCUT2D eigenvalue weighted by atomic mass is 10.1. The summed E-state index contributed by atoms with van der Waals surface area (Å²) in [5, 5.41) is 8.86. The molecule has 1 fully saturated rings. The van der Waals surface area contributed by atoms with Crippen LogP contribution in [0.2, 0.25) is 0 Å². The van der Waals surface area contributed by atoms with E-state index in [4.69, 9.17) is 5.11 Å². The Bertz CT molecular complexity index is 483. The van der Waals surface area contributed by atoms with E-state index in [0.717, 1.165) is 0 Å². The van der Waals surface area contributed by atoms with Crippen LogP contribution in [0, 0.1) is 5.92 Å². The Morgan fingerprint density at radius 3 is 2.56 bits per heavy atom. The monoisotopic (exact) mass is 305 g/mol. The van der Waals surface area contributed by atoms with Crippen LogP contribution in [0.5, 0.6) is 0 Å². The lowest BCUT2D eigenvalue weighted by molar-refractivity contribution is 0.117. The second-order valence-corrected chi connectivity index (χ2v) is 6.56. The standard InChI is InChI=1S/C10H12BrNO3S/c11-9-3-1-2-4-10(9)16(14,15)12-5-8(6-12)7-13/h1-4,8,13H,5-7H2. The minimum Gasteiger partial charge on any atom is -0.396 e. The summed E-state index contributed by atoms with van der Waals surface area (Å²) in [6.07, 6.45) is 0. The van der Waals surface area contributed by atoms with Gasteiger partial charge in [0.15, 0.2) is 0 Å². The normalized spacial score (nSPS) is 18.4. The summed E-state index contributed by atoms with van der Waals surface area (Å²) in [4.78, 5) is 0.284. The zero-order valence-corrected chi connectivity index (χ0v) is 10.9. The van der Waals surface area contributed by atoms with Crippen LogP contribution in [0.1, 0.15) is 0 Å². The average Bonchev–Trinajstić information content (AvgIpc) is 2.16. The van der Waals surface area contributed by atoms with Crippen LogP contribution >= 0.6 is 15.9 Å². The molecule has 0 aromatic heterocycles. The topological polar surface area (TPSA) is 57.6 Å². The van der Waals surface area contributed by atoms with E-state index in [2.05, 4.69) is 15.9 Å². The van der Waals surface area contributed by atoms with Crippen LogP contribution in [0.3, 0.4) is 0 Å². The van der Waals surface area contributed by atoms with Crippen molar-refractivity contribution < 1.29 is 13.5 Å². The molecule has 0 amide bonds. The summed E-state index contributed by atoms with van der Waals surface area (Å²) in [6, 6.07) is 6.75. The smallest absolute Gasteiger partial charge is 0.244 e. The molecule has 0 spiro atoms. The van der Waals surface area contributed by atoms with Crippen molar-refractivity contribution in [2.24, 2.45) is 5.92 Å². The summed E-state index contributed by atoms with van der Waals surface area (Å²) in [6.45, 7) is 0.850. The molecular weight excluding hydrogens is 294 g/mol. The molecule has 1 N–H and O–H groups in total. The van der Waals surface area contributed by atoms with Crippen molar-refractivity contribution in [1.82, 2.24) is 4.31 Å². The molecule has 4 nitrogen and oxygen atoms in total. The predicted octanol–water partition coefficient (Wildman–Crippen LogP) is 1.06. The first-order valence-electron chi connectivity index (χ1n) is 4.91. The van der Waals surface area contributed by atoms with Gasteiger partial charge in [0.25, 0.3) is 0 Å². The summed E-state index contributed by atoms with van der Waals surface area (Å²) in [7, 11) is -3.40. The zero-order valence-electron chi connectivity index (χ0n) is 8.51. The molecule has 0 atom stereocenters. The van der Waals surface area contributed by atoms with Crippen LogP contribution < -0.4 is 0 Å². The van der Waals surface area contributed by atoms with Gasteiger partial charge in [0, 0.05) is 30.1 Å². The molecule has 0 radical (unpaired) electrons. The lowest BCUT2D eigenvalue weighted by Crippen LogP contribution is -2.51. The molecule has 6 heteroatoms. The van der Waals surface area contributed by atoms with Gasteiger partial charge in [0.1, 0.15) is 0 Å². The van der Waals surface area contributed by atoms with Crippen molar-refractivity contribution >= 4 is 26.0 Å². The van der Waals surface area contributed by atoms with Crippen molar-refractivity contribution in [2.45, 2.75) is 4.90 Å². The van der Waals surface area contributed by atoms with Gasteiger partial charge < -0.3 is 5.11 Å². The molecule has 1 aliphatic heterocycles. The largest absolute Gasteiger partial charge is 0.396 e. The van der Waals surface area contributed by atoms with Crippen molar-refractivity contribution in [3.05, 3.63) is 28.7 Å². The fraction of sp³-hybridized carbons (Fsp3) is 0.400. The molecule has 0 aliphatic carbocycles. The van der Waals surface area contributed by atoms with Crippen LogP contribution in [0.25, 0.3) is 0 Å². The first-order valence-corrected chi connectivity index (χ1v) is 7.14. The highest BCUT2D eigenvalue weighted by Gasteiger charge is 2.36. The van der Waals surface area contributed by atoms with Gasteiger partial charge in [-0.05, 0) is 28.1 Å². The highest BCUT2D eigenvalue weighted by Crippen LogP contribution is 2.29. The Kier molecular flexibility index (Phi) is 3.34. The number of hydrogen-bond acceptors (Lipinski definition) is 3. The molecular formula is C10H12BrNO3S. The van der Waals surface area contributed by atoms with Crippen molar-refractivity contribution in [2.75, 3.05) is 19.7 Å². The van der Waals surface area contributed by atoms with E-state index in [9.17, 15) is 8.42 Å². The molecule has 0 bridgehead atoms. The molecule has 0 unspecified atom stereocenters. The molecule has 1 aromatic rings. The second-order valence-electron chi connectivity index (χ2n) is 3.80. The fourth-order valence-electron chi connectivity index (χ4n) is 1.63. The maximum Gasteiger partial charge on any atom is 0.244 e. The minimum atomic E-state index is -3.40. The average molecular weight is 306 g/mol. The number of rotatable bonds is 3. The quantitative estimate of drug-likeness (QED) is 0.908. The first kappa shape index (κ1) is 12.0. The Labute approximate surface area is 103 Å².